The molecule has 0 saturated carbocycles. The van der Waals surface area contributed by atoms with Crippen molar-refractivity contribution >= 4 is 23.1 Å². The van der Waals surface area contributed by atoms with Crippen LogP contribution in [0.4, 0.5) is 23.7 Å². The number of anilines is 1. The van der Waals surface area contributed by atoms with Gasteiger partial charge in [0, 0.05) is 22.8 Å². The van der Waals surface area contributed by atoms with E-state index in [0.29, 0.717) is 0 Å². The molecule has 2 amide bonds. The molecule has 3 rings (SSSR count). The van der Waals surface area contributed by atoms with Gasteiger partial charge in [0.25, 0.3) is 0 Å². The molecule has 3 aromatic rings. The number of urea groups is 1. The molecule has 1 aromatic carbocycles. The lowest BCUT2D eigenvalue weighted by atomic mass is 10.2. The number of alkyl halides is 3. The van der Waals surface area contributed by atoms with E-state index in [1.165, 1.54) is 12.1 Å². The molecule has 148 valence electrons. The normalized spacial score (nSPS) is 12.6. The summed E-state index contributed by atoms with van der Waals surface area (Å²) in [5.74, 6) is 0. The summed E-state index contributed by atoms with van der Waals surface area (Å²) >= 11 is 1.55. The molecule has 2 aromatic heterocycles. The maximum absolute atomic E-state index is 12.8. The second-order valence-corrected chi connectivity index (χ2v) is 7.30. The number of amides is 2. The van der Waals surface area contributed by atoms with Crippen LogP contribution in [0.1, 0.15) is 27.9 Å². The first kappa shape index (κ1) is 19.9. The maximum atomic E-state index is 12.8. The first-order valence-corrected chi connectivity index (χ1v) is 9.40. The van der Waals surface area contributed by atoms with Gasteiger partial charge in [0.15, 0.2) is 0 Å². The van der Waals surface area contributed by atoms with Gasteiger partial charge in [0.1, 0.15) is 6.04 Å². The maximum Gasteiger partial charge on any atom is 0.416 e. The number of rotatable bonds is 5. The SMILES string of the molecule is Cc1cc(C)n(C(CNC(=O)Nc2cccc(C(F)(F)F)c2)c2cccs2)n1. The molecule has 9 heteroatoms. The molecule has 0 spiro atoms. The van der Waals surface area contributed by atoms with E-state index in [1.54, 1.807) is 11.3 Å². The summed E-state index contributed by atoms with van der Waals surface area (Å²) in [5.41, 5.74) is 1.08. The molecule has 2 heterocycles. The average Bonchev–Trinajstić information content (AvgIpc) is 3.25. The zero-order valence-electron chi connectivity index (χ0n) is 15.2. The van der Waals surface area contributed by atoms with Crippen LogP contribution in [0.25, 0.3) is 0 Å². The number of halogens is 3. The Morgan fingerprint density at radius 3 is 2.61 bits per heavy atom. The minimum absolute atomic E-state index is 0.0751. The highest BCUT2D eigenvalue weighted by Crippen LogP contribution is 2.30. The van der Waals surface area contributed by atoms with Gasteiger partial charge in [-0.05, 0) is 49.6 Å². The van der Waals surface area contributed by atoms with E-state index in [4.69, 9.17) is 0 Å². The molecule has 2 N–H and O–H groups in total. The van der Waals surface area contributed by atoms with Gasteiger partial charge in [-0.1, -0.05) is 12.1 Å². The number of hydrogen-bond acceptors (Lipinski definition) is 3. The molecule has 0 saturated heterocycles. The van der Waals surface area contributed by atoms with Crippen molar-refractivity contribution in [2.24, 2.45) is 0 Å². The summed E-state index contributed by atoms with van der Waals surface area (Å²) in [6.07, 6.45) is -4.46. The number of hydrogen-bond donors (Lipinski definition) is 2. The third-order valence-electron chi connectivity index (χ3n) is 4.12. The van der Waals surface area contributed by atoms with Crippen molar-refractivity contribution in [3.05, 3.63) is 69.7 Å². The summed E-state index contributed by atoms with van der Waals surface area (Å²) in [6.45, 7) is 4.07. The second-order valence-electron chi connectivity index (χ2n) is 6.32. The van der Waals surface area contributed by atoms with Crippen molar-refractivity contribution in [3.8, 4) is 0 Å². The summed E-state index contributed by atoms with van der Waals surface area (Å²) in [7, 11) is 0. The molecule has 0 aliphatic heterocycles. The van der Waals surface area contributed by atoms with Crippen LogP contribution in [0.5, 0.6) is 0 Å². The molecule has 0 fully saturated rings. The Bertz CT molecular complexity index is 950. The van der Waals surface area contributed by atoms with Crippen LogP contribution in [0.2, 0.25) is 0 Å². The lowest BCUT2D eigenvalue weighted by molar-refractivity contribution is -0.137. The fraction of sp³-hybridized carbons (Fsp3) is 0.263. The molecular formula is C19H19F3N4OS. The molecule has 0 aliphatic carbocycles. The molecule has 0 aliphatic rings. The van der Waals surface area contributed by atoms with Crippen LogP contribution in [0.15, 0.2) is 47.8 Å². The number of benzene rings is 1. The Morgan fingerprint density at radius 2 is 2.00 bits per heavy atom. The van der Waals surface area contributed by atoms with Gasteiger partial charge in [-0.3, -0.25) is 4.68 Å². The van der Waals surface area contributed by atoms with E-state index in [1.807, 2.05) is 42.1 Å². The van der Waals surface area contributed by atoms with Gasteiger partial charge in [0.2, 0.25) is 0 Å². The van der Waals surface area contributed by atoms with Crippen molar-refractivity contribution in [1.29, 1.82) is 0 Å². The number of aryl methyl sites for hydroxylation is 2. The molecule has 1 atom stereocenters. The smallest absolute Gasteiger partial charge is 0.335 e. The third kappa shape index (κ3) is 4.72. The van der Waals surface area contributed by atoms with Crippen LogP contribution in [-0.4, -0.2) is 22.4 Å². The predicted molar refractivity (Wildman–Crippen MR) is 103 cm³/mol. The average molecular weight is 408 g/mol. The molecule has 28 heavy (non-hydrogen) atoms. The Morgan fingerprint density at radius 1 is 1.21 bits per heavy atom. The molecule has 5 nitrogen and oxygen atoms in total. The predicted octanol–water partition coefficient (Wildman–Crippen LogP) is 4.99. The monoisotopic (exact) mass is 408 g/mol. The quantitative estimate of drug-likeness (QED) is 0.625. The van der Waals surface area contributed by atoms with Crippen molar-refractivity contribution in [3.63, 3.8) is 0 Å². The van der Waals surface area contributed by atoms with E-state index in [0.717, 1.165) is 28.4 Å². The van der Waals surface area contributed by atoms with Crippen LogP contribution in [0, 0.1) is 13.8 Å². The molecular weight excluding hydrogens is 389 g/mol. The molecule has 0 bridgehead atoms. The van der Waals surface area contributed by atoms with Crippen LogP contribution < -0.4 is 10.6 Å². The van der Waals surface area contributed by atoms with Gasteiger partial charge in [-0.15, -0.1) is 11.3 Å². The second kappa shape index (κ2) is 8.05. The van der Waals surface area contributed by atoms with E-state index in [-0.39, 0.29) is 18.3 Å². The van der Waals surface area contributed by atoms with Gasteiger partial charge in [-0.25, -0.2) is 4.79 Å². The fourth-order valence-electron chi connectivity index (χ4n) is 2.89. The van der Waals surface area contributed by atoms with E-state index in [9.17, 15) is 18.0 Å². The Kier molecular flexibility index (Phi) is 5.73. The minimum Gasteiger partial charge on any atom is -0.335 e. The Labute approximate surface area is 164 Å². The van der Waals surface area contributed by atoms with E-state index in [2.05, 4.69) is 15.7 Å². The number of carbonyl (C=O) groups excluding carboxylic acids is 1. The summed E-state index contributed by atoms with van der Waals surface area (Å²) < 4.78 is 40.3. The van der Waals surface area contributed by atoms with Crippen LogP contribution >= 0.6 is 11.3 Å². The van der Waals surface area contributed by atoms with E-state index >= 15 is 0 Å². The van der Waals surface area contributed by atoms with Crippen molar-refractivity contribution in [2.45, 2.75) is 26.1 Å². The summed E-state index contributed by atoms with van der Waals surface area (Å²) in [6, 6.07) is 9.55. The van der Waals surface area contributed by atoms with Gasteiger partial charge in [-0.2, -0.15) is 18.3 Å². The van der Waals surface area contributed by atoms with Crippen LogP contribution in [-0.2, 0) is 6.18 Å². The standard InChI is InChI=1S/C19H19F3N4OS/c1-12-9-13(2)26(25-12)16(17-7-4-8-28-17)11-23-18(27)24-15-6-3-5-14(10-15)19(20,21)22/h3-10,16H,11H2,1-2H3,(H2,23,24,27). The summed E-state index contributed by atoms with van der Waals surface area (Å²) in [4.78, 5) is 13.3. The van der Waals surface area contributed by atoms with Gasteiger partial charge >= 0.3 is 12.2 Å². The summed E-state index contributed by atoms with van der Waals surface area (Å²) in [5, 5.41) is 11.6. The van der Waals surface area contributed by atoms with Crippen molar-refractivity contribution in [2.75, 3.05) is 11.9 Å². The Balaban J connectivity index is 1.70. The zero-order valence-corrected chi connectivity index (χ0v) is 16.1. The van der Waals surface area contributed by atoms with Gasteiger partial charge < -0.3 is 10.6 Å². The molecule has 1 unspecified atom stereocenters. The highest BCUT2D eigenvalue weighted by atomic mass is 32.1. The number of nitrogens with one attached hydrogen (secondary N) is 2. The number of carbonyl (C=O) groups is 1. The number of thiophene rings is 1. The number of aromatic nitrogens is 2. The lowest BCUT2D eigenvalue weighted by Crippen LogP contribution is -2.34. The lowest BCUT2D eigenvalue weighted by Gasteiger charge is -2.19. The minimum atomic E-state index is -4.46. The topological polar surface area (TPSA) is 59.0 Å². The first-order valence-electron chi connectivity index (χ1n) is 8.52. The largest absolute Gasteiger partial charge is 0.416 e. The Hall–Kier alpha value is -2.81. The van der Waals surface area contributed by atoms with Gasteiger partial charge in [0.05, 0.1) is 11.3 Å². The molecule has 0 radical (unpaired) electrons. The highest BCUT2D eigenvalue weighted by molar-refractivity contribution is 7.10. The van der Waals surface area contributed by atoms with Crippen molar-refractivity contribution < 1.29 is 18.0 Å². The zero-order chi connectivity index (χ0) is 20.3. The highest BCUT2D eigenvalue weighted by Gasteiger charge is 2.30. The van der Waals surface area contributed by atoms with Crippen LogP contribution in [0.3, 0.4) is 0 Å². The third-order valence-corrected chi connectivity index (χ3v) is 5.09. The number of nitrogens with zero attached hydrogens (tertiary/aromatic N) is 2. The van der Waals surface area contributed by atoms with E-state index < -0.39 is 17.8 Å². The fourth-order valence-corrected chi connectivity index (χ4v) is 3.70. The van der Waals surface area contributed by atoms with Crippen molar-refractivity contribution in [1.82, 2.24) is 15.1 Å². The first-order chi connectivity index (χ1) is 13.2.